The summed E-state index contributed by atoms with van der Waals surface area (Å²) in [6.07, 6.45) is -0.536. The molecule has 0 saturated heterocycles. The van der Waals surface area contributed by atoms with Gasteiger partial charge in [-0.25, -0.2) is 0 Å². The van der Waals surface area contributed by atoms with Gasteiger partial charge in [-0.2, -0.15) is 0 Å². The fourth-order valence-electron chi connectivity index (χ4n) is 1.01. The highest BCUT2D eigenvalue weighted by atomic mass is 31.2. The molecule has 0 aliphatic heterocycles. The molecule has 92 valence electrons. The smallest absolute Gasteiger partial charge is 0.340 e. The minimum Gasteiger partial charge on any atom is -0.390 e. The minimum absolute atomic E-state index is 0.103. The Morgan fingerprint density at radius 3 is 1.60 bits per heavy atom. The van der Waals surface area contributed by atoms with E-state index >= 15 is 0 Å². The second-order valence-corrected chi connectivity index (χ2v) is 8.02. The van der Waals surface area contributed by atoms with Crippen LogP contribution in [0.5, 0.6) is 0 Å². The molecule has 0 aromatic heterocycles. The molecule has 0 aliphatic carbocycles. The average molecular weight is 262 g/mol. The highest BCUT2D eigenvalue weighted by Crippen LogP contribution is 2.61. The van der Waals surface area contributed by atoms with Gasteiger partial charge in [0.1, 0.15) is 0 Å². The van der Waals surface area contributed by atoms with Crippen LogP contribution in [0.2, 0.25) is 0 Å². The van der Waals surface area contributed by atoms with Gasteiger partial charge in [-0.15, -0.1) is 0 Å². The molecule has 0 heterocycles. The summed E-state index contributed by atoms with van der Waals surface area (Å²) in [4.78, 5) is 35.0. The number of hydrogen-bond donors (Lipinski definition) is 5. The molecule has 0 unspecified atom stereocenters. The Hall–Kier alpha value is 0.260. The molecule has 0 aliphatic rings. The van der Waals surface area contributed by atoms with Crippen LogP contribution in [0.4, 0.5) is 0 Å². The third kappa shape index (κ3) is 6.43. The van der Waals surface area contributed by atoms with Crippen molar-refractivity contribution in [2.45, 2.75) is 37.7 Å². The Bertz CT molecular complexity index is 273. The summed E-state index contributed by atoms with van der Waals surface area (Å²) in [6, 6.07) is 0. The topological polar surface area (TPSA) is 135 Å². The van der Waals surface area contributed by atoms with Gasteiger partial charge in [0.25, 0.3) is 0 Å². The largest absolute Gasteiger partial charge is 0.390 e. The summed E-state index contributed by atoms with van der Waals surface area (Å²) in [7, 11) is -9.72. The third-order valence-electron chi connectivity index (χ3n) is 1.79. The highest BCUT2D eigenvalue weighted by Gasteiger charge is 2.43. The first-order chi connectivity index (χ1) is 6.34. The van der Waals surface area contributed by atoms with E-state index in [1.165, 1.54) is 13.8 Å². The Balaban J connectivity index is 4.72. The monoisotopic (exact) mass is 262 g/mol. The molecule has 15 heavy (non-hydrogen) atoms. The lowest BCUT2D eigenvalue weighted by molar-refractivity contribution is 0.0691. The first-order valence-electron chi connectivity index (χ1n) is 4.17. The summed E-state index contributed by atoms with van der Waals surface area (Å²) in [6.45, 7) is 2.78. The van der Waals surface area contributed by atoms with Crippen molar-refractivity contribution in [2.24, 2.45) is 0 Å². The Morgan fingerprint density at radius 1 is 1.07 bits per heavy atom. The zero-order chi connectivity index (χ0) is 12.5. The van der Waals surface area contributed by atoms with E-state index in [4.69, 9.17) is 19.6 Å². The maximum Gasteiger partial charge on any atom is 0.340 e. The SMILES string of the molecule is CC(C)(O)CCC(P(=O)(O)O)P(=O)(O)O. The molecule has 0 aromatic carbocycles. The summed E-state index contributed by atoms with van der Waals surface area (Å²) in [5.41, 5.74) is -1.22. The van der Waals surface area contributed by atoms with E-state index in [-0.39, 0.29) is 6.42 Å². The fourth-order valence-corrected chi connectivity index (χ4v) is 3.51. The van der Waals surface area contributed by atoms with Crippen molar-refractivity contribution >= 4 is 15.2 Å². The van der Waals surface area contributed by atoms with Gasteiger partial charge in [0.05, 0.1) is 5.60 Å². The molecule has 0 radical (unpaired) electrons. The van der Waals surface area contributed by atoms with Crippen molar-refractivity contribution in [2.75, 3.05) is 0 Å². The van der Waals surface area contributed by atoms with E-state index in [1.54, 1.807) is 0 Å². The molecule has 0 aromatic rings. The standard InChI is InChI=1S/C6H16O7P2/c1-6(2,7)4-3-5(14(8,9)10)15(11,12)13/h5,7H,3-4H2,1-2H3,(H2,8,9,10)(H2,11,12,13). The van der Waals surface area contributed by atoms with E-state index < -0.39 is 32.6 Å². The van der Waals surface area contributed by atoms with E-state index in [0.717, 1.165) is 0 Å². The summed E-state index contributed by atoms with van der Waals surface area (Å²) >= 11 is 0. The molecular formula is C6H16O7P2. The van der Waals surface area contributed by atoms with E-state index in [0.29, 0.717) is 0 Å². The molecule has 0 atom stereocenters. The zero-order valence-electron chi connectivity index (χ0n) is 8.44. The van der Waals surface area contributed by atoms with Crippen LogP contribution < -0.4 is 0 Å². The number of hydrogen-bond acceptors (Lipinski definition) is 3. The Labute approximate surface area is 87.5 Å². The predicted octanol–water partition coefficient (Wildman–Crippen LogP) is 0.219. The molecule has 5 N–H and O–H groups in total. The van der Waals surface area contributed by atoms with Gasteiger partial charge >= 0.3 is 15.2 Å². The van der Waals surface area contributed by atoms with Gasteiger partial charge in [-0.05, 0) is 26.7 Å². The normalized spacial score (nSPS) is 14.7. The van der Waals surface area contributed by atoms with Crippen LogP contribution in [0.25, 0.3) is 0 Å². The van der Waals surface area contributed by atoms with E-state index in [9.17, 15) is 14.2 Å². The Morgan fingerprint density at radius 2 is 1.40 bits per heavy atom. The molecule has 0 rings (SSSR count). The fraction of sp³-hybridized carbons (Fsp3) is 1.00. The maximum absolute atomic E-state index is 10.8. The quantitative estimate of drug-likeness (QED) is 0.447. The molecule has 0 bridgehead atoms. The van der Waals surface area contributed by atoms with Crippen molar-refractivity contribution in [1.82, 2.24) is 0 Å². The van der Waals surface area contributed by atoms with Crippen LogP contribution in [-0.4, -0.2) is 35.7 Å². The predicted molar refractivity (Wildman–Crippen MR) is 53.4 cm³/mol. The first kappa shape index (κ1) is 15.3. The van der Waals surface area contributed by atoms with Gasteiger partial charge in [0, 0.05) is 0 Å². The van der Waals surface area contributed by atoms with Crippen LogP contribution in [-0.2, 0) is 9.13 Å². The molecule has 0 saturated carbocycles. The molecule has 0 fully saturated rings. The summed E-state index contributed by atoms with van der Waals surface area (Å²) < 4.78 is 21.6. The summed E-state index contributed by atoms with van der Waals surface area (Å²) in [5.74, 6) is 0. The van der Waals surface area contributed by atoms with Gasteiger partial charge in [-0.1, -0.05) is 0 Å². The van der Waals surface area contributed by atoms with Gasteiger partial charge in [0.2, 0.25) is 0 Å². The number of rotatable bonds is 5. The lowest BCUT2D eigenvalue weighted by Gasteiger charge is -2.23. The van der Waals surface area contributed by atoms with Crippen LogP contribution in [0, 0.1) is 0 Å². The third-order valence-corrected chi connectivity index (χ3v) is 5.67. The van der Waals surface area contributed by atoms with Crippen molar-refractivity contribution in [3.05, 3.63) is 0 Å². The van der Waals surface area contributed by atoms with Crippen LogP contribution in [0.1, 0.15) is 26.7 Å². The zero-order valence-corrected chi connectivity index (χ0v) is 10.2. The van der Waals surface area contributed by atoms with Gasteiger partial charge in [-0.3, -0.25) is 9.13 Å². The van der Waals surface area contributed by atoms with Crippen LogP contribution >= 0.6 is 15.2 Å². The molecule has 0 amide bonds. The Kier molecular flexibility index (Phi) is 4.71. The molecular weight excluding hydrogens is 246 g/mol. The van der Waals surface area contributed by atoms with Crippen molar-refractivity contribution in [3.63, 3.8) is 0 Å². The molecule has 7 nitrogen and oxygen atoms in total. The van der Waals surface area contributed by atoms with E-state index in [1.807, 2.05) is 0 Å². The van der Waals surface area contributed by atoms with Gasteiger partial charge < -0.3 is 24.7 Å². The van der Waals surface area contributed by atoms with Crippen LogP contribution in [0.15, 0.2) is 0 Å². The van der Waals surface area contributed by atoms with E-state index in [2.05, 4.69) is 0 Å². The highest BCUT2D eigenvalue weighted by molar-refractivity contribution is 7.70. The van der Waals surface area contributed by atoms with Crippen molar-refractivity contribution in [1.29, 1.82) is 0 Å². The second-order valence-electron chi connectivity index (χ2n) is 4.01. The van der Waals surface area contributed by atoms with Gasteiger partial charge in [0.15, 0.2) is 5.40 Å². The minimum atomic E-state index is -4.86. The average Bonchev–Trinajstić information content (AvgIpc) is 1.75. The molecule has 9 heteroatoms. The number of aliphatic hydroxyl groups is 1. The summed E-state index contributed by atoms with van der Waals surface area (Å²) in [5, 5.41) is 7.26. The van der Waals surface area contributed by atoms with Crippen molar-refractivity contribution < 1.29 is 33.8 Å². The maximum atomic E-state index is 10.8. The first-order valence-corrected chi connectivity index (χ1v) is 7.53. The lowest BCUT2D eigenvalue weighted by atomic mass is 10.0. The van der Waals surface area contributed by atoms with Crippen LogP contribution in [0.3, 0.4) is 0 Å². The molecule has 0 spiro atoms. The van der Waals surface area contributed by atoms with Crippen molar-refractivity contribution in [3.8, 4) is 0 Å². The second kappa shape index (κ2) is 4.63. The lowest BCUT2D eigenvalue weighted by Crippen LogP contribution is -2.21.